The molecule has 5 heteroatoms. The minimum absolute atomic E-state index is 0.0129. The number of nitrogens with one attached hydrogen (secondary N) is 1. The van der Waals surface area contributed by atoms with Crippen molar-refractivity contribution in [3.8, 4) is 0 Å². The minimum Gasteiger partial charge on any atom is -0.337 e. The van der Waals surface area contributed by atoms with Crippen LogP contribution in [0.15, 0.2) is 48.5 Å². The summed E-state index contributed by atoms with van der Waals surface area (Å²) in [5.41, 5.74) is 9.37. The van der Waals surface area contributed by atoms with Gasteiger partial charge in [-0.25, -0.2) is 0 Å². The number of carbonyl (C=O) groups excluding carboxylic acids is 2. The lowest BCUT2D eigenvalue weighted by molar-refractivity contribution is -0.116. The van der Waals surface area contributed by atoms with E-state index in [4.69, 9.17) is 5.73 Å². The van der Waals surface area contributed by atoms with E-state index in [0.29, 0.717) is 38.0 Å². The van der Waals surface area contributed by atoms with Gasteiger partial charge in [0.05, 0.1) is 0 Å². The third kappa shape index (κ3) is 4.25. The lowest BCUT2D eigenvalue weighted by Gasteiger charge is -2.23. The van der Waals surface area contributed by atoms with Gasteiger partial charge in [-0.2, -0.15) is 0 Å². The molecule has 3 N–H and O–H groups in total. The molecule has 0 unspecified atom stereocenters. The molecule has 3 rings (SSSR count). The highest BCUT2D eigenvalue weighted by Crippen LogP contribution is 2.24. The van der Waals surface area contributed by atoms with E-state index >= 15 is 0 Å². The monoisotopic (exact) mass is 337 g/mol. The van der Waals surface area contributed by atoms with Crippen LogP contribution in [-0.4, -0.2) is 36.3 Å². The molecule has 25 heavy (non-hydrogen) atoms. The summed E-state index contributed by atoms with van der Waals surface area (Å²) in [6.45, 7) is 1.59. The zero-order chi connectivity index (χ0) is 17.6. The molecule has 0 saturated carbocycles. The average molecular weight is 337 g/mol. The normalized spacial score (nSPS) is 13.1. The predicted octanol–water partition coefficient (Wildman–Crippen LogP) is 2.21. The zero-order valence-corrected chi connectivity index (χ0v) is 14.2. The molecule has 0 radical (unpaired) electrons. The van der Waals surface area contributed by atoms with Crippen molar-refractivity contribution in [2.75, 3.05) is 25.0 Å². The highest BCUT2D eigenvalue weighted by molar-refractivity contribution is 5.98. The summed E-state index contributed by atoms with van der Waals surface area (Å²) >= 11 is 0. The lowest BCUT2D eigenvalue weighted by atomic mass is 10.00. The topological polar surface area (TPSA) is 75.4 Å². The molecule has 130 valence electrons. The standard InChI is InChI=1S/C20H23N3O2/c21-11-13-23(12-10-15-4-2-1-3-5-15)20(25)17-6-8-18-16(14-17)7-9-19(24)22-18/h1-6,8,14H,7,9-13,21H2,(H,22,24). The van der Waals surface area contributed by atoms with Gasteiger partial charge >= 0.3 is 0 Å². The Kier molecular flexibility index (Phi) is 5.46. The number of amides is 2. The number of hydrogen-bond donors (Lipinski definition) is 2. The van der Waals surface area contributed by atoms with Crippen LogP contribution in [0.2, 0.25) is 0 Å². The van der Waals surface area contributed by atoms with Gasteiger partial charge in [0.1, 0.15) is 0 Å². The number of aryl methyl sites for hydroxylation is 1. The minimum atomic E-state index is -0.0129. The Hall–Kier alpha value is -2.66. The number of hydrogen-bond acceptors (Lipinski definition) is 3. The summed E-state index contributed by atoms with van der Waals surface area (Å²) in [6, 6.07) is 15.6. The largest absolute Gasteiger partial charge is 0.337 e. The van der Waals surface area contributed by atoms with E-state index in [9.17, 15) is 9.59 Å². The van der Waals surface area contributed by atoms with E-state index < -0.39 is 0 Å². The van der Waals surface area contributed by atoms with Gasteiger partial charge in [0.15, 0.2) is 0 Å². The highest BCUT2D eigenvalue weighted by atomic mass is 16.2. The number of nitrogens with two attached hydrogens (primary N) is 1. The molecule has 0 aromatic heterocycles. The average Bonchev–Trinajstić information content (AvgIpc) is 2.65. The molecule has 2 amide bonds. The third-order valence-corrected chi connectivity index (χ3v) is 4.45. The van der Waals surface area contributed by atoms with Gasteiger partial charge in [-0.1, -0.05) is 30.3 Å². The second kappa shape index (κ2) is 7.94. The fourth-order valence-corrected chi connectivity index (χ4v) is 3.08. The number of rotatable bonds is 6. The number of carbonyl (C=O) groups is 2. The van der Waals surface area contributed by atoms with Crippen LogP contribution in [0.25, 0.3) is 0 Å². The maximum Gasteiger partial charge on any atom is 0.253 e. The third-order valence-electron chi connectivity index (χ3n) is 4.45. The fourth-order valence-electron chi connectivity index (χ4n) is 3.08. The van der Waals surface area contributed by atoms with E-state index in [2.05, 4.69) is 17.4 Å². The fraction of sp³-hybridized carbons (Fsp3) is 0.300. The van der Waals surface area contributed by atoms with E-state index in [-0.39, 0.29) is 11.8 Å². The van der Waals surface area contributed by atoms with Crippen LogP contribution in [-0.2, 0) is 17.6 Å². The van der Waals surface area contributed by atoms with Crippen LogP contribution in [0.5, 0.6) is 0 Å². The first-order valence-electron chi connectivity index (χ1n) is 8.63. The van der Waals surface area contributed by atoms with Crippen molar-refractivity contribution in [3.05, 3.63) is 65.2 Å². The Balaban J connectivity index is 1.72. The van der Waals surface area contributed by atoms with Crippen molar-refractivity contribution >= 4 is 17.5 Å². The summed E-state index contributed by atoms with van der Waals surface area (Å²) in [6.07, 6.45) is 1.93. The highest BCUT2D eigenvalue weighted by Gasteiger charge is 2.19. The van der Waals surface area contributed by atoms with Crippen LogP contribution in [0.1, 0.15) is 27.9 Å². The van der Waals surface area contributed by atoms with Crippen LogP contribution in [0.4, 0.5) is 5.69 Å². The van der Waals surface area contributed by atoms with Crippen molar-refractivity contribution in [2.45, 2.75) is 19.3 Å². The first-order valence-corrected chi connectivity index (χ1v) is 8.63. The number of benzene rings is 2. The van der Waals surface area contributed by atoms with Crippen molar-refractivity contribution in [2.24, 2.45) is 5.73 Å². The van der Waals surface area contributed by atoms with Crippen molar-refractivity contribution in [1.29, 1.82) is 0 Å². The van der Waals surface area contributed by atoms with Gasteiger partial charge in [-0.3, -0.25) is 9.59 Å². The molecule has 1 aliphatic heterocycles. The smallest absolute Gasteiger partial charge is 0.253 e. The van der Waals surface area contributed by atoms with Crippen LogP contribution in [0, 0.1) is 0 Å². The lowest BCUT2D eigenvalue weighted by Crippen LogP contribution is -2.37. The first kappa shape index (κ1) is 17.2. The molecular weight excluding hydrogens is 314 g/mol. The van der Waals surface area contributed by atoms with E-state index in [1.807, 2.05) is 30.3 Å². The van der Waals surface area contributed by atoms with Gasteiger partial charge in [0.2, 0.25) is 5.91 Å². The first-order chi connectivity index (χ1) is 12.2. The second-order valence-corrected chi connectivity index (χ2v) is 6.24. The number of nitrogens with zero attached hydrogens (tertiary/aromatic N) is 1. The summed E-state index contributed by atoms with van der Waals surface area (Å²) < 4.78 is 0. The van der Waals surface area contributed by atoms with Crippen molar-refractivity contribution < 1.29 is 9.59 Å². The molecule has 2 aromatic carbocycles. The Morgan fingerprint density at radius 2 is 1.88 bits per heavy atom. The maximum absolute atomic E-state index is 12.9. The van der Waals surface area contributed by atoms with E-state index in [0.717, 1.165) is 17.7 Å². The molecular formula is C20H23N3O2. The van der Waals surface area contributed by atoms with Gasteiger partial charge in [-0.05, 0) is 42.2 Å². The summed E-state index contributed by atoms with van der Waals surface area (Å²) in [4.78, 5) is 26.1. The second-order valence-electron chi connectivity index (χ2n) is 6.24. The number of fused-ring (bicyclic) bond motifs is 1. The quantitative estimate of drug-likeness (QED) is 0.849. The Labute approximate surface area is 147 Å². The molecule has 0 bridgehead atoms. The Bertz CT molecular complexity index is 759. The summed E-state index contributed by atoms with van der Waals surface area (Å²) in [5.74, 6) is 0.0141. The van der Waals surface area contributed by atoms with Gasteiger partial charge < -0.3 is 16.0 Å². The van der Waals surface area contributed by atoms with Crippen LogP contribution in [0.3, 0.4) is 0 Å². The van der Waals surface area contributed by atoms with Gasteiger partial charge in [0, 0.05) is 37.3 Å². The maximum atomic E-state index is 12.9. The van der Waals surface area contributed by atoms with Crippen molar-refractivity contribution in [1.82, 2.24) is 4.90 Å². The molecule has 1 heterocycles. The Morgan fingerprint density at radius 3 is 2.64 bits per heavy atom. The Morgan fingerprint density at radius 1 is 1.08 bits per heavy atom. The van der Waals surface area contributed by atoms with Crippen LogP contribution < -0.4 is 11.1 Å². The molecule has 0 aliphatic carbocycles. The van der Waals surface area contributed by atoms with Gasteiger partial charge in [-0.15, -0.1) is 0 Å². The molecule has 0 atom stereocenters. The molecule has 2 aromatic rings. The van der Waals surface area contributed by atoms with E-state index in [1.54, 1.807) is 11.0 Å². The SMILES string of the molecule is NCCN(CCc1ccccc1)C(=O)c1ccc2c(c1)CCC(=O)N2. The van der Waals surface area contributed by atoms with Crippen LogP contribution >= 0.6 is 0 Å². The summed E-state index contributed by atoms with van der Waals surface area (Å²) in [5, 5.41) is 2.84. The number of anilines is 1. The van der Waals surface area contributed by atoms with E-state index in [1.165, 1.54) is 5.56 Å². The zero-order valence-electron chi connectivity index (χ0n) is 14.2. The van der Waals surface area contributed by atoms with Gasteiger partial charge in [0.25, 0.3) is 5.91 Å². The molecule has 0 spiro atoms. The molecule has 5 nitrogen and oxygen atoms in total. The predicted molar refractivity (Wildman–Crippen MR) is 98.5 cm³/mol. The summed E-state index contributed by atoms with van der Waals surface area (Å²) in [7, 11) is 0. The van der Waals surface area contributed by atoms with Crippen molar-refractivity contribution in [3.63, 3.8) is 0 Å². The molecule has 1 aliphatic rings. The molecule has 0 saturated heterocycles. The molecule has 0 fully saturated rings.